The molecule has 0 aliphatic carbocycles. The Kier molecular flexibility index (Phi) is 6.65. The van der Waals surface area contributed by atoms with Gasteiger partial charge in [0.05, 0.1) is 5.54 Å². The minimum Gasteiger partial charge on any atom is -0.355 e. The van der Waals surface area contributed by atoms with Crippen LogP contribution in [0.2, 0.25) is 0 Å². The van der Waals surface area contributed by atoms with Gasteiger partial charge < -0.3 is 10.6 Å². The fourth-order valence-electron chi connectivity index (χ4n) is 1.86. The largest absolute Gasteiger partial charge is 0.355 e. The lowest BCUT2D eigenvalue weighted by Crippen LogP contribution is -2.60. The first-order chi connectivity index (χ1) is 7.38. The van der Waals surface area contributed by atoms with Gasteiger partial charge in [-0.05, 0) is 33.1 Å². The molecule has 0 aromatic carbocycles. The predicted molar refractivity (Wildman–Crippen MR) is 69.4 cm³/mol. The average Bonchev–Trinajstić information content (AvgIpc) is 2.17. The summed E-state index contributed by atoms with van der Waals surface area (Å²) in [6.45, 7) is 13.1. The van der Waals surface area contributed by atoms with Crippen LogP contribution >= 0.6 is 0 Å². The molecule has 0 heterocycles. The highest BCUT2D eigenvalue weighted by molar-refractivity contribution is 5.86. The highest BCUT2D eigenvalue weighted by Gasteiger charge is 2.36. The second kappa shape index (κ2) is 6.89. The molecule has 2 unspecified atom stereocenters. The molecule has 0 aromatic heterocycles. The molecule has 3 heteroatoms. The van der Waals surface area contributed by atoms with Crippen LogP contribution in [0.3, 0.4) is 0 Å². The molecule has 0 aliphatic rings. The number of nitrogens with one attached hydrogen (secondary N) is 2. The van der Waals surface area contributed by atoms with Crippen molar-refractivity contribution in [1.82, 2.24) is 10.6 Å². The van der Waals surface area contributed by atoms with E-state index in [1.54, 1.807) is 0 Å². The Labute approximate surface area is 100 Å². The number of amides is 1. The van der Waals surface area contributed by atoms with Crippen molar-refractivity contribution in [3.05, 3.63) is 0 Å². The smallest absolute Gasteiger partial charge is 0.240 e. The van der Waals surface area contributed by atoms with E-state index < -0.39 is 5.54 Å². The first-order valence-corrected chi connectivity index (χ1v) is 6.44. The van der Waals surface area contributed by atoms with Crippen molar-refractivity contribution >= 4 is 5.91 Å². The van der Waals surface area contributed by atoms with E-state index in [2.05, 4.69) is 38.3 Å². The van der Waals surface area contributed by atoms with E-state index in [1.807, 2.05) is 13.8 Å². The van der Waals surface area contributed by atoms with Gasteiger partial charge in [0.1, 0.15) is 0 Å². The lowest BCUT2D eigenvalue weighted by atomic mass is 9.86. The zero-order valence-corrected chi connectivity index (χ0v) is 11.7. The van der Waals surface area contributed by atoms with Gasteiger partial charge >= 0.3 is 0 Å². The lowest BCUT2D eigenvalue weighted by Gasteiger charge is -2.36. The van der Waals surface area contributed by atoms with Gasteiger partial charge in [0.25, 0.3) is 0 Å². The summed E-state index contributed by atoms with van der Waals surface area (Å²) >= 11 is 0. The summed E-state index contributed by atoms with van der Waals surface area (Å²) < 4.78 is 0. The molecule has 16 heavy (non-hydrogen) atoms. The van der Waals surface area contributed by atoms with Gasteiger partial charge in [-0.1, -0.05) is 27.2 Å². The Morgan fingerprint density at radius 2 is 1.81 bits per heavy atom. The highest BCUT2D eigenvalue weighted by Crippen LogP contribution is 2.18. The molecule has 0 bridgehead atoms. The van der Waals surface area contributed by atoms with E-state index in [4.69, 9.17) is 0 Å². The third kappa shape index (κ3) is 4.12. The van der Waals surface area contributed by atoms with Crippen LogP contribution in [0.5, 0.6) is 0 Å². The number of rotatable bonds is 7. The quantitative estimate of drug-likeness (QED) is 0.702. The van der Waals surface area contributed by atoms with Crippen LogP contribution in [-0.2, 0) is 4.79 Å². The van der Waals surface area contributed by atoms with Crippen molar-refractivity contribution in [2.45, 2.75) is 66.0 Å². The average molecular weight is 228 g/mol. The van der Waals surface area contributed by atoms with Crippen molar-refractivity contribution in [1.29, 1.82) is 0 Å². The third-order valence-corrected chi connectivity index (χ3v) is 3.23. The molecule has 0 radical (unpaired) electrons. The molecule has 0 fully saturated rings. The standard InChI is InChI=1S/C13H28N2O/c1-7-9-11(5)15-13(6,10(3)4)12(16)14-8-2/h10-11,15H,7-9H2,1-6H3,(H,14,16). The third-order valence-electron chi connectivity index (χ3n) is 3.23. The molecule has 0 saturated heterocycles. The van der Waals surface area contributed by atoms with E-state index >= 15 is 0 Å². The molecule has 0 aliphatic heterocycles. The Hall–Kier alpha value is -0.570. The van der Waals surface area contributed by atoms with Gasteiger partial charge in [-0.25, -0.2) is 0 Å². The normalized spacial score (nSPS) is 16.9. The van der Waals surface area contributed by atoms with Gasteiger partial charge in [0.2, 0.25) is 5.91 Å². The van der Waals surface area contributed by atoms with E-state index in [-0.39, 0.29) is 11.8 Å². The fourth-order valence-corrected chi connectivity index (χ4v) is 1.86. The summed E-state index contributed by atoms with van der Waals surface area (Å²) in [7, 11) is 0. The molecular weight excluding hydrogens is 200 g/mol. The fraction of sp³-hybridized carbons (Fsp3) is 0.923. The molecule has 96 valence electrons. The van der Waals surface area contributed by atoms with Gasteiger partial charge in [0, 0.05) is 12.6 Å². The topological polar surface area (TPSA) is 41.1 Å². The van der Waals surface area contributed by atoms with Gasteiger partial charge in [0.15, 0.2) is 0 Å². The molecule has 0 aromatic rings. The zero-order valence-electron chi connectivity index (χ0n) is 11.7. The Morgan fingerprint density at radius 3 is 2.19 bits per heavy atom. The second-order valence-electron chi connectivity index (χ2n) is 5.05. The Bertz CT molecular complexity index is 216. The monoisotopic (exact) mass is 228 g/mol. The number of hydrogen-bond donors (Lipinski definition) is 2. The summed E-state index contributed by atoms with van der Waals surface area (Å²) in [5.41, 5.74) is -0.468. The molecule has 2 atom stereocenters. The molecular formula is C13H28N2O. The van der Waals surface area contributed by atoms with Crippen molar-refractivity contribution in [3.8, 4) is 0 Å². The zero-order chi connectivity index (χ0) is 12.8. The summed E-state index contributed by atoms with van der Waals surface area (Å²) in [5.74, 6) is 0.381. The van der Waals surface area contributed by atoms with Crippen molar-refractivity contribution in [2.24, 2.45) is 5.92 Å². The molecule has 3 nitrogen and oxygen atoms in total. The molecule has 0 saturated carbocycles. The summed E-state index contributed by atoms with van der Waals surface area (Å²) in [6.07, 6.45) is 2.24. The van der Waals surface area contributed by atoms with Gasteiger partial charge in [-0.15, -0.1) is 0 Å². The maximum Gasteiger partial charge on any atom is 0.240 e. The first kappa shape index (κ1) is 15.4. The second-order valence-corrected chi connectivity index (χ2v) is 5.05. The van der Waals surface area contributed by atoms with E-state index in [1.165, 1.54) is 0 Å². The maximum absolute atomic E-state index is 12.1. The maximum atomic E-state index is 12.1. The van der Waals surface area contributed by atoms with E-state index in [0.29, 0.717) is 12.6 Å². The number of carbonyl (C=O) groups is 1. The van der Waals surface area contributed by atoms with Crippen LogP contribution in [0.1, 0.15) is 54.4 Å². The summed E-state index contributed by atoms with van der Waals surface area (Å²) in [5, 5.41) is 6.38. The SMILES string of the molecule is CCCC(C)NC(C)(C(=O)NCC)C(C)C. The van der Waals surface area contributed by atoms with Crippen LogP contribution in [0, 0.1) is 5.92 Å². The Morgan fingerprint density at radius 1 is 1.25 bits per heavy atom. The predicted octanol–water partition coefficient (Wildman–Crippen LogP) is 2.32. The van der Waals surface area contributed by atoms with Crippen LogP contribution in [-0.4, -0.2) is 24.0 Å². The van der Waals surface area contributed by atoms with Crippen LogP contribution in [0.25, 0.3) is 0 Å². The van der Waals surface area contributed by atoms with Crippen molar-refractivity contribution in [2.75, 3.05) is 6.54 Å². The molecule has 0 spiro atoms. The molecule has 0 rings (SSSR count). The van der Waals surface area contributed by atoms with Crippen LogP contribution in [0.4, 0.5) is 0 Å². The molecule has 2 N–H and O–H groups in total. The van der Waals surface area contributed by atoms with Gasteiger partial charge in [-0.2, -0.15) is 0 Å². The van der Waals surface area contributed by atoms with E-state index in [0.717, 1.165) is 12.8 Å². The van der Waals surface area contributed by atoms with E-state index in [9.17, 15) is 4.79 Å². The summed E-state index contributed by atoms with van der Waals surface area (Å²) in [6, 6.07) is 0.375. The highest BCUT2D eigenvalue weighted by atomic mass is 16.2. The number of hydrogen-bond acceptors (Lipinski definition) is 2. The van der Waals surface area contributed by atoms with Crippen LogP contribution < -0.4 is 10.6 Å². The molecule has 1 amide bonds. The van der Waals surface area contributed by atoms with Crippen LogP contribution in [0.15, 0.2) is 0 Å². The minimum absolute atomic E-state index is 0.105. The minimum atomic E-state index is -0.468. The number of likely N-dealkylation sites (N-methyl/N-ethyl adjacent to an activating group) is 1. The first-order valence-electron chi connectivity index (χ1n) is 6.44. The Balaban J connectivity index is 4.62. The van der Waals surface area contributed by atoms with Gasteiger partial charge in [-0.3, -0.25) is 4.79 Å². The number of carbonyl (C=O) groups excluding carboxylic acids is 1. The van der Waals surface area contributed by atoms with Crippen molar-refractivity contribution < 1.29 is 4.79 Å². The lowest BCUT2D eigenvalue weighted by molar-refractivity contribution is -0.129. The van der Waals surface area contributed by atoms with Crippen molar-refractivity contribution in [3.63, 3.8) is 0 Å². The summed E-state index contributed by atoms with van der Waals surface area (Å²) in [4.78, 5) is 12.1.